The summed E-state index contributed by atoms with van der Waals surface area (Å²) in [6.45, 7) is 0. The summed E-state index contributed by atoms with van der Waals surface area (Å²) in [5, 5.41) is 11.9. The lowest BCUT2D eigenvalue weighted by Gasteiger charge is -2.15. The molecule has 1 heterocycles. The Morgan fingerprint density at radius 3 is 3.00 bits per heavy atom. The van der Waals surface area contributed by atoms with E-state index in [0.717, 1.165) is 11.4 Å². The van der Waals surface area contributed by atoms with Crippen molar-refractivity contribution in [3.05, 3.63) is 17.5 Å². The quantitative estimate of drug-likeness (QED) is 0.801. The van der Waals surface area contributed by atoms with Crippen molar-refractivity contribution in [2.75, 3.05) is 11.9 Å². The molecular formula is C9H11NO2S. The number of carbonyl (C=O) groups is 1. The number of aliphatic carboxylic acids is 1. The second-order valence-electron chi connectivity index (χ2n) is 3.31. The second-order valence-corrected chi connectivity index (χ2v) is 4.24. The van der Waals surface area contributed by atoms with Crippen molar-refractivity contribution >= 4 is 22.3 Å². The molecule has 0 spiro atoms. The molecule has 13 heavy (non-hydrogen) atoms. The van der Waals surface area contributed by atoms with E-state index in [1.165, 1.54) is 0 Å². The van der Waals surface area contributed by atoms with Crippen LogP contribution in [0.5, 0.6) is 0 Å². The Hall–Kier alpha value is -1.03. The summed E-state index contributed by atoms with van der Waals surface area (Å²) in [5.41, 5.74) is 0. The van der Waals surface area contributed by atoms with Gasteiger partial charge >= 0.3 is 5.97 Å². The highest BCUT2D eigenvalue weighted by Crippen LogP contribution is 2.38. The molecule has 1 aromatic rings. The van der Waals surface area contributed by atoms with Crippen LogP contribution in [0.2, 0.25) is 0 Å². The van der Waals surface area contributed by atoms with E-state index in [4.69, 9.17) is 5.11 Å². The first-order valence-electron chi connectivity index (χ1n) is 4.19. The van der Waals surface area contributed by atoms with E-state index >= 15 is 0 Å². The molecule has 1 aromatic heterocycles. The second kappa shape index (κ2) is 3.03. The fourth-order valence-electron chi connectivity index (χ4n) is 1.51. The molecule has 0 radical (unpaired) electrons. The first kappa shape index (κ1) is 8.56. The van der Waals surface area contributed by atoms with Crippen molar-refractivity contribution < 1.29 is 9.90 Å². The van der Waals surface area contributed by atoms with Gasteiger partial charge in [-0.25, -0.2) is 0 Å². The van der Waals surface area contributed by atoms with Crippen LogP contribution in [0.15, 0.2) is 17.5 Å². The van der Waals surface area contributed by atoms with Gasteiger partial charge in [0.25, 0.3) is 0 Å². The predicted octanol–water partition coefficient (Wildman–Crippen LogP) is 1.66. The minimum Gasteiger partial charge on any atom is -0.481 e. The van der Waals surface area contributed by atoms with Gasteiger partial charge in [-0.2, -0.15) is 0 Å². The summed E-state index contributed by atoms with van der Waals surface area (Å²) < 4.78 is 0. The zero-order valence-corrected chi connectivity index (χ0v) is 8.12. The highest BCUT2D eigenvalue weighted by molar-refractivity contribution is 7.14. The third-order valence-electron chi connectivity index (χ3n) is 2.43. The van der Waals surface area contributed by atoms with Crippen molar-refractivity contribution in [2.45, 2.75) is 12.5 Å². The molecule has 0 amide bonds. The van der Waals surface area contributed by atoms with Crippen LogP contribution in [0.1, 0.15) is 6.42 Å². The third-order valence-corrected chi connectivity index (χ3v) is 3.38. The minimum absolute atomic E-state index is 0.160. The fourth-order valence-corrected chi connectivity index (χ4v) is 2.26. The van der Waals surface area contributed by atoms with Crippen LogP contribution in [0.25, 0.3) is 0 Å². The van der Waals surface area contributed by atoms with E-state index < -0.39 is 5.97 Å². The van der Waals surface area contributed by atoms with Gasteiger partial charge in [-0.1, -0.05) is 0 Å². The normalized spacial score (nSPS) is 25.6. The SMILES string of the molecule is CN(c1cccs1)C1CC1C(=O)O. The Bertz CT molecular complexity index is 309. The molecule has 0 saturated heterocycles. The number of rotatable bonds is 3. The van der Waals surface area contributed by atoms with E-state index in [1.54, 1.807) is 11.3 Å². The van der Waals surface area contributed by atoms with Crippen molar-refractivity contribution in [1.82, 2.24) is 0 Å². The van der Waals surface area contributed by atoms with Crippen LogP contribution in [0.3, 0.4) is 0 Å². The molecule has 1 aliphatic rings. The maximum Gasteiger partial charge on any atom is 0.308 e. The molecule has 3 nitrogen and oxygen atoms in total. The third kappa shape index (κ3) is 1.54. The summed E-state index contributed by atoms with van der Waals surface area (Å²) in [7, 11) is 1.96. The van der Waals surface area contributed by atoms with E-state index in [1.807, 2.05) is 24.6 Å². The molecule has 4 heteroatoms. The molecule has 1 fully saturated rings. The smallest absolute Gasteiger partial charge is 0.308 e. The monoisotopic (exact) mass is 197 g/mol. The van der Waals surface area contributed by atoms with Crippen molar-refractivity contribution in [1.29, 1.82) is 0 Å². The van der Waals surface area contributed by atoms with Crippen molar-refractivity contribution in [2.24, 2.45) is 5.92 Å². The number of anilines is 1. The number of hydrogen-bond donors (Lipinski definition) is 1. The Morgan fingerprint density at radius 2 is 2.54 bits per heavy atom. The average molecular weight is 197 g/mol. The molecule has 2 rings (SSSR count). The Labute approximate surface area is 80.6 Å². The fraction of sp³-hybridized carbons (Fsp3) is 0.444. The molecule has 0 bridgehead atoms. The number of nitrogens with zero attached hydrogens (tertiary/aromatic N) is 1. The molecule has 1 saturated carbocycles. The lowest BCUT2D eigenvalue weighted by Crippen LogP contribution is -2.22. The molecule has 70 valence electrons. The number of thiophene rings is 1. The summed E-state index contributed by atoms with van der Waals surface area (Å²) in [6.07, 6.45) is 0.781. The number of carboxylic acid groups (broad SMARTS) is 1. The molecule has 2 unspecified atom stereocenters. The predicted molar refractivity (Wildman–Crippen MR) is 52.3 cm³/mol. The van der Waals surface area contributed by atoms with Crippen LogP contribution >= 0.6 is 11.3 Å². The largest absolute Gasteiger partial charge is 0.481 e. The zero-order chi connectivity index (χ0) is 9.42. The molecule has 1 N–H and O–H groups in total. The topological polar surface area (TPSA) is 40.5 Å². The van der Waals surface area contributed by atoms with Gasteiger partial charge in [-0.15, -0.1) is 11.3 Å². The average Bonchev–Trinajstić information content (AvgIpc) is 2.72. The number of carboxylic acids is 1. The van der Waals surface area contributed by atoms with E-state index in [-0.39, 0.29) is 12.0 Å². The molecule has 1 aliphatic carbocycles. The van der Waals surface area contributed by atoms with Gasteiger partial charge in [0.15, 0.2) is 0 Å². The van der Waals surface area contributed by atoms with Crippen LogP contribution in [-0.4, -0.2) is 24.2 Å². The Balaban J connectivity index is 2.01. The van der Waals surface area contributed by atoms with Crippen LogP contribution in [0.4, 0.5) is 5.00 Å². The lowest BCUT2D eigenvalue weighted by molar-refractivity contribution is -0.138. The van der Waals surface area contributed by atoms with Gasteiger partial charge in [-0.05, 0) is 23.9 Å². The Morgan fingerprint density at radius 1 is 1.77 bits per heavy atom. The maximum atomic E-state index is 10.6. The maximum absolute atomic E-state index is 10.6. The first-order valence-corrected chi connectivity index (χ1v) is 5.07. The van der Waals surface area contributed by atoms with Gasteiger partial charge < -0.3 is 10.0 Å². The minimum atomic E-state index is -0.673. The number of hydrogen-bond acceptors (Lipinski definition) is 3. The van der Waals surface area contributed by atoms with E-state index in [0.29, 0.717) is 0 Å². The van der Waals surface area contributed by atoms with E-state index in [9.17, 15) is 4.79 Å². The van der Waals surface area contributed by atoms with Gasteiger partial charge in [0.1, 0.15) is 0 Å². The standard InChI is InChI=1S/C9H11NO2S/c1-10(8-3-2-4-13-8)7-5-6(7)9(11)12/h2-4,6-7H,5H2,1H3,(H,11,12). The van der Waals surface area contributed by atoms with Crippen LogP contribution in [0, 0.1) is 5.92 Å². The van der Waals surface area contributed by atoms with Gasteiger partial charge in [0, 0.05) is 13.1 Å². The summed E-state index contributed by atoms with van der Waals surface area (Å²) in [4.78, 5) is 12.7. The molecule has 0 aliphatic heterocycles. The summed E-state index contributed by atoms with van der Waals surface area (Å²) >= 11 is 1.65. The molecule has 0 aromatic carbocycles. The highest BCUT2D eigenvalue weighted by atomic mass is 32.1. The van der Waals surface area contributed by atoms with Gasteiger partial charge in [-0.3, -0.25) is 4.79 Å². The van der Waals surface area contributed by atoms with Crippen molar-refractivity contribution in [3.8, 4) is 0 Å². The molecular weight excluding hydrogens is 186 g/mol. The zero-order valence-electron chi connectivity index (χ0n) is 7.30. The summed E-state index contributed by atoms with van der Waals surface area (Å²) in [6, 6.07) is 4.20. The van der Waals surface area contributed by atoms with Crippen LogP contribution in [-0.2, 0) is 4.79 Å². The van der Waals surface area contributed by atoms with E-state index in [2.05, 4.69) is 4.90 Å². The molecule has 2 atom stereocenters. The van der Waals surface area contributed by atoms with Gasteiger partial charge in [0.2, 0.25) is 0 Å². The Kier molecular flexibility index (Phi) is 2.00. The first-order chi connectivity index (χ1) is 6.20. The van der Waals surface area contributed by atoms with Crippen LogP contribution < -0.4 is 4.90 Å². The van der Waals surface area contributed by atoms with Crippen molar-refractivity contribution in [3.63, 3.8) is 0 Å². The highest BCUT2D eigenvalue weighted by Gasteiger charge is 2.46. The lowest BCUT2D eigenvalue weighted by atomic mass is 10.4. The van der Waals surface area contributed by atoms with Gasteiger partial charge in [0.05, 0.1) is 10.9 Å². The summed E-state index contributed by atoms with van der Waals surface area (Å²) in [5.74, 6) is -0.833.